The zero-order chi connectivity index (χ0) is 18.7. The van der Waals surface area contributed by atoms with Gasteiger partial charge in [0.15, 0.2) is 11.5 Å². The summed E-state index contributed by atoms with van der Waals surface area (Å²) in [4.78, 5) is 24.1. The van der Waals surface area contributed by atoms with Gasteiger partial charge in [0.25, 0.3) is 0 Å². The fourth-order valence-corrected chi connectivity index (χ4v) is 2.27. The van der Waals surface area contributed by atoms with Crippen molar-refractivity contribution in [2.45, 2.75) is 27.7 Å². The molecular formula is C19H21ClO5. The lowest BCUT2D eigenvalue weighted by Gasteiger charge is -2.17. The van der Waals surface area contributed by atoms with Crippen molar-refractivity contribution in [1.82, 2.24) is 0 Å². The van der Waals surface area contributed by atoms with Crippen LogP contribution in [0.5, 0.6) is 17.2 Å². The first-order valence-electron chi connectivity index (χ1n) is 7.98. The predicted octanol–water partition coefficient (Wildman–Crippen LogP) is 4.62. The van der Waals surface area contributed by atoms with Gasteiger partial charge in [0.05, 0.1) is 18.9 Å². The Kier molecular flexibility index (Phi) is 5.90. The quantitative estimate of drug-likeness (QED) is 0.572. The van der Waals surface area contributed by atoms with Crippen LogP contribution in [-0.2, 0) is 9.59 Å². The molecule has 0 N–H and O–H groups in total. The molecule has 2 rings (SSSR count). The summed E-state index contributed by atoms with van der Waals surface area (Å²) in [5.74, 6) is -0.481. The van der Waals surface area contributed by atoms with Gasteiger partial charge in [-0.05, 0) is 18.2 Å². The van der Waals surface area contributed by atoms with Crippen molar-refractivity contribution < 1.29 is 23.8 Å². The first kappa shape index (κ1) is 19.1. The van der Waals surface area contributed by atoms with Crippen LogP contribution in [0.2, 0.25) is 5.02 Å². The molecule has 0 saturated carbocycles. The molecular weight excluding hydrogens is 344 g/mol. The monoisotopic (exact) mass is 364 g/mol. The molecule has 0 spiro atoms. The number of ether oxygens (including phenoxy) is 3. The molecule has 0 heterocycles. The second-order valence-corrected chi connectivity index (χ2v) is 6.68. The van der Waals surface area contributed by atoms with Crippen molar-refractivity contribution in [3.8, 4) is 17.2 Å². The number of carbonyl (C=O) groups excluding carboxylic acids is 2. The van der Waals surface area contributed by atoms with E-state index in [1.807, 2.05) is 0 Å². The molecule has 0 saturated heterocycles. The Morgan fingerprint density at radius 2 is 1.48 bits per heavy atom. The maximum Gasteiger partial charge on any atom is 0.313 e. The van der Waals surface area contributed by atoms with Gasteiger partial charge in [0.2, 0.25) is 0 Å². The van der Waals surface area contributed by atoms with E-state index in [-0.39, 0.29) is 29.5 Å². The van der Waals surface area contributed by atoms with Gasteiger partial charge in [-0.15, -0.1) is 0 Å². The fraction of sp³-hybridized carbons (Fsp3) is 0.368. The smallest absolute Gasteiger partial charge is 0.313 e. The van der Waals surface area contributed by atoms with E-state index in [4.69, 9.17) is 25.8 Å². The molecule has 0 aromatic heterocycles. The Morgan fingerprint density at radius 3 is 2.04 bits per heavy atom. The summed E-state index contributed by atoms with van der Waals surface area (Å²) in [7, 11) is 1.46. The minimum Gasteiger partial charge on any atom is -0.493 e. The Bertz CT molecular complexity index is 811. The van der Waals surface area contributed by atoms with E-state index in [2.05, 4.69) is 0 Å². The largest absolute Gasteiger partial charge is 0.493 e. The molecule has 0 aliphatic rings. The second-order valence-electron chi connectivity index (χ2n) is 6.25. The number of benzene rings is 2. The average Bonchev–Trinajstić information content (AvgIpc) is 2.56. The highest BCUT2D eigenvalue weighted by Crippen LogP contribution is 2.43. The van der Waals surface area contributed by atoms with Crippen LogP contribution in [0.4, 0.5) is 0 Å². The van der Waals surface area contributed by atoms with Gasteiger partial charge in [0, 0.05) is 21.9 Å². The summed E-state index contributed by atoms with van der Waals surface area (Å²) >= 11 is 6.09. The lowest BCUT2D eigenvalue weighted by atomic mass is 10.1. The molecule has 6 heteroatoms. The summed E-state index contributed by atoms with van der Waals surface area (Å²) in [5.41, 5.74) is 0. The van der Waals surface area contributed by atoms with Crippen LogP contribution in [0, 0.1) is 11.8 Å². The SMILES string of the molecule is COc1cc(OC(=O)C(C)C)c2cc(Cl)ccc2c1OC(=O)C(C)C. The molecule has 0 aliphatic carbocycles. The van der Waals surface area contributed by atoms with Gasteiger partial charge in [0.1, 0.15) is 5.75 Å². The topological polar surface area (TPSA) is 61.8 Å². The third-order valence-corrected chi connectivity index (χ3v) is 3.79. The summed E-state index contributed by atoms with van der Waals surface area (Å²) in [6.45, 7) is 6.97. The summed E-state index contributed by atoms with van der Waals surface area (Å²) in [6, 6.07) is 6.56. The number of carbonyl (C=O) groups is 2. The van der Waals surface area contributed by atoms with Crippen molar-refractivity contribution in [3.05, 3.63) is 29.3 Å². The van der Waals surface area contributed by atoms with Gasteiger partial charge >= 0.3 is 11.9 Å². The molecule has 134 valence electrons. The number of fused-ring (bicyclic) bond motifs is 1. The fourth-order valence-electron chi connectivity index (χ4n) is 2.10. The lowest BCUT2D eigenvalue weighted by molar-refractivity contribution is -0.138. The van der Waals surface area contributed by atoms with Crippen molar-refractivity contribution in [1.29, 1.82) is 0 Å². The zero-order valence-electron chi connectivity index (χ0n) is 14.9. The minimum atomic E-state index is -0.388. The maximum atomic E-state index is 12.1. The van der Waals surface area contributed by atoms with Crippen LogP contribution in [0.15, 0.2) is 24.3 Å². The summed E-state index contributed by atoms with van der Waals surface area (Å²) in [5, 5.41) is 1.61. The highest BCUT2D eigenvalue weighted by molar-refractivity contribution is 6.31. The van der Waals surface area contributed by atoms with Crippen LogP contribution < -0.4 is 14.2 Å². The van der Waals surface area contributed by atoms with E-state index < -0.39 is 0 Å². The Morgan fingerprint density at radius 1 is 0.880 bits per heavy atom. The first-order valence-corrected chi connectivity index (χ1v) is 8.36. The molecule has 0 unspecified atom stereocenters. The Labute approximate surface area is 151 Å². The van der Waals surface area contributed by atoms with Crippen molar-refractivity contribution in [3.63, 3.8) is 0 Å². The molecule has 2 aromatic rings. The van der Waals surface area contributed by atoms with Gasteiger partial charge in [-0.3, -0.25) is 9.59 Å². The zero-order valence-corrected chi connectivity index (χ0v) is 15.6. The third-order valence-electron chi connectivity index (χ3n) is 3.55. The van der Waals surface area contributed by atoms with Gasteiger partial charge in [-0.1, -0.05) is 39.3 Å². The van der Waals surface area contributed by atoms with Crippen LogP contribution >= 0.6 is 11.6 Å². The van der Waals surface area contributed by atoms with E-state index in [1.165, 1.54) is 13.2 Å². The number of halogens is 1. The maximum absolute atomic E-state index is 12.1. The van der Waals surface area contributed by atoms with E-state index in [0.29, 0.717) is 27.3 Å². The number of hydrogen-bond donors (Lipinski definition) is 0. The van der Waals surface area contributed by atoms with Crippen LogP contribution in [0.25, 0.3) is 10.8 Å². The minimum absolute atomic E-state index is 0.275. The van der Waals surface area contributed by atoms with Crippen molar-refractivity contribution in [2.75, 3.05) is 7.11 Å². The predicted molar refractivity (Wildman–Crippen MR) is 96.5 cm³/mol. The molecule has 5 nitrogen and oxygen atoms in total. The van der Waals surface area contributed by atoms with Gasteiger partial charge in [-0.2, -0.15) is 0 Å². The molecule has 25 heavy (non-hydrogen) atoms. The van der Waals surface area contributed by atoms with Crippen molar-refractivity contribution in [2.24, 2.45) is 11.8 Å². The van der Waals surface area contributed by atoms with E-state index in [0.717, 1.165) is 0 Å². The number of methoxy groups -OCH3 is 1. The lowest BCUT2D eigenvalue weighted by Crippen LogP contribution is -2.17. The highest BCUT2D eigenvalue weighted by Gasteiger charge is 2.21. The van der Waals surface area contributed by atoms with Gasteiger partial charge in [-0.25, -0.2) is 0 Å². The van der Waals surface area contributed by atoms with Crippen LogP contribution in [0.1, 0.15) is 27.7 Å². The van der Waals surface area contributed by atoms with Gasteiger partial charge < -0.3 is 14.2 Å². The van der Waals surface area contributed by atoms with E-state index in [9.17, 15) is 9.59 Å². The number of rotatable bonds is 5. The average molecular weight is 365 g/mol. The first-order chi connectivity index (χ1) is 11.7. The van der Waals surface area contributed by atoms with E-state index >= 15 is 0 Å². The molecule has 0 atom stereocenters. The number of hydrogen-bond acceptors (Lipinski definition) is 5. The van der Waals surface area contributed by atoms with Crippen LogP contribution in [-0.4, -0.2) is 19.0 Å². The third kappa shape index (κ3) is 4.23. The molecule has 0 aliphatic heterocycles. The Hall–Kier alpha value is -2.27. The standard InChI is InChI=1S/C19H21ClO5/c1-10(2)18(21)24-15-9-16(23-5)17(25-19(22)11(3)4)13-7-6-12(20)8-14(13)15/h6-11H,1-5H3. The normalized spacial score (nSPS) is 11.0. The molecule has 0 amide bonds. The molecule has 0 radical (unpaired) electrons. The Balaban J connectivity index is 2.66. The van der Waals surface area contributed by atoms with Crippen LogP contribution in [0.3, 0.4) is 0 Å². The molecule has 0 bridgehead atoms. The second kappa shape index (κ2) is 7.74. The van der Waals surface area contributed by atoms with Crippen molar-refractivity contribution >= 4 is 34.3 Å². The highest BCUT2D eigenvalue weighted by atomic mass is 35.5. The molecule has 2 aromatic carbocycles. The van der Waals surface area contributed by atoms with E-state index in [1.54, 1.807) is 45.9 Å². The molecule has 0 fully saturated rings. The summed E-state index contributed by atoms with van der Waals surface area (Å²) in [6.07, 6.45) is 0. The summed E-state index contributed by atoms with van der Waals surface area (Å²) < 4.78 is 16.3. The number of esters is 2.